The Morgan fingerprint density at radius 1 is 1.60 bits per heavy atom. The minimum absolute atomic E-state index is 0.650. The van der Waals surface area contributed by atoms with Crippen molar-refractivity contribution in [2.75, 3.05) is 36.5 Å². The van der Waals surface area contributed by atoms with Gasteiger partial charge in [0.25, 0.3) is 6.01 Å². The maximum absolute atomic E-state index is 11.2. The van der Waals surface area contributed by atoms with Gasteiger partial charge in [0.15, 0.2) is 0 Å². The second-order valence-corrected chi connectivity index (χ2v) is 5.18. The van der Waals surface area contributed by atoms with E-state index < -0.39 is 10.8 Å². The molecule has 0 radical (unpaired) electrons. The van der Waals surface area contributed by atoms with Gasteiger partial charge in [-0.2, -0.15) is 4.98 Å². The van der Waals surface area contributed by atoms with Crippen molar-refractivity contribution < 1.29 is 8.63 Å². The zero-order valence-electron chi connectivity index (χ0n) is 8.73. The fourth-order valence-electron chi connectivity index (χ4n) is 1.53. The highest BCUT2D eigenvalue weighted by molar-refractivity contribution is 7.85. The van der Waals surface area contributed by atoms with Gasteiger partial charge < -0.3 is 14.6 Å². The topological polar surface area (TPSA) is 58.4 Å². The van der Waals surface area contributed by atoms with E-state index >= 15 is 0 Å². The lowest BCUT2D eigenvalue weighted by Gasteiger charge is -2.24. The number of anilines is 1. The van der Waals surface area contributed by atoms with Crippen LogP contribution in [0.3, 0.4) is 0 Å². The number of hydrogen-bond donors (Lipinski definition) is 1. The molecule has 6 heteroatoms. The van der Waals surface area contributed by atoms with Gasteiger partial charge in [-0.15, -0.1) is 0 Å². The van der Waals surface area contributed by atoms with E-state index in [1.807, 2.05) is 11.9 Å². The summed E-state index contributed by atoms with van der Waals surface area (Å²) in [6.07, 6.45) is 1.66. The van der Waals surface area contributed by atoms with E-state index in [0.29, 0.717) is 24.1 Å². The van der Waals surface area contributed by atoms with Crippen LogP contribution in [0.1, 0.15) is 5.69 Å². The number of rotatable bonds is 3. The lowest BCUT2D eigenvalue weighted by molar-refractivity contribution is 0.536. The van der Waals surface area contributed by atoms with Crippen LogP contribution in [0.15, 0.2) is 10.7 Å². The first-order valence-electron chi connectivity index (χ1n) is 4.98. The molecule has 0 aromatic carbocycles. The normalized spacial score (nSPS) is 18.3. The van der Waals surface area contributed by atoms with Crippen LogP contribution in [0.5, 0.6) is 0 Å². The number of hydrogen-bond acceptors (Lipinski definition) is 5. The summed E-state index contributed by atoms with van der Waals surface area (Å²) < 4.78 is 16.5. The third-order valence-electron chi connectivity index (χ3n) is 2.35. The van der Waals surface area contributed by atoms with Gasteiger partial charge in [0.05, 0.1) is 5.69 Å². The van der Waals surface area contributed by atoms with Gasteiger partial charge in [0, 0.05) is 41.9 Å². The Balaban J connectivity index is 1.99. The number of nitrogens with zero attached hydrogens (tertiary/aromatic N) is 2. The van der Waals surface area contributed by atoms with Crippen molar-refractivity contribution in [2.24, 2.45) is 0 Å². The molecule has 2 rings (SSSR count). The molecule has 2 heterocycles. The van der Waals surface area contributed by atoms with Crippen LogP contribution in [-0.4, -0.2) is 40.8 Å². The summed E-state index contributed by atoms with van der Waals surface area (Å²) >= 11 is 0. The van der Waals surface area contributed by atoms with Crippen LogP contribution in [0.4, 0.5) is 6.01 Å². The van der Waals surface area contributed by atoms with E-state index in [4.69, 9.17) is 4.42 Å². The highest BCUT2D eigenvalue weighted by Gasteiger charge is 2.19. The number of aromatic nitrogens is 1. The summed E-state index contributed by atoms with van der Waals surface area (Å²) in [5.74, 6) is 1.42. The fourth-order valence-corrected chi connectivity index (χ4v) is 2.59. The molecule has 0 saturated carbocycles. The first-order chi connectivity index (χ1) is 7.29. The van der Waals surface area contributed by atoms with E-state index in [-0.39, 0.29) is 0 Å². The van der Waals surface area contributed by atoms with Crippen LogP contribution >= 0.6 is 0 Å². The highest BCUT2D eigenvalue weighted by atomic mass is 32.2. The summed E-state index contributed by atoms with van der Waals surface area (Å²) in [4.78, 5) is 6.39. The van der Waals surface area contributed by atoms with Crippen molar-refractivity contribution in [3.8, 4) is 0 Å². The Labute approximate surface area is 91.3 Å². The molecule has 1 saturated heterocycles. The zero-order chi connectivity index (χ0) is 10.7. The van der Waals surface area contributed by atoms with Gasteiger partial charge >= 0.3 is 0 Å². The summed E-state index contributed by atoms with van der Waals surface area (Å²) in [5, 5.41) is 3.02. The molecule has 1 N–H and O–H groups in total. The predicted octanol–water partition coefficient (Wildman–Crippen LogP) is -0.0373. The standard InChI is InChI=1S/C9H15N3O2S/c1-10-6-8-7-14-9(11-8)12-2-4-15(13)5-3-12/h7,10H,2-6H2,1H3. The first-order valence-corrected chi connectivity index (χ1v) is 6.47. The first kappa shape index (κ1) is 10.6. The van der Waals surface area contributed by atoms with E-state index in [9.17, 15) is 4.21 Å². The fraction of sp³-hybridized carbons (Fsp3) is 0.667. The van der Waals surface area contributed by atoms with Crippen LogP contribution in [-0.2, 0) is 17.3 Å². The van der Waals surface area contributed by atoms with Gasteiger partial charge in [-0.05, 0) is 7.05 Å². The minimum Gasteiger partial charge on any atom is -0.432 e. The molecule has 0 bridgehead atoms. The monoisotopic (exact) mass is 229 g/mol. The average Bonchev–Trinajstić information content (AvgIpc) is 2.68. The molecule has 1 aromatic rings. The van der Waals surface area contributed by atoms with Crippen molar-refractivity contribution >= 4 is 16.8 Å². The van der Waals surface area contributed by atoms with E-state index in [2.05, 4.69) is 10.3 Å². The molecule has 1 aromatic heterocycles. The molecule has 1 aliphatic rings. The van der Waals surface area contributed by atoms with Crippen LogP contribution in [0, 0.1) is 0 Å². The molecular weight excluding hydrogens is 214 g/mol. The van der Waals surface area contributed by atoms with Crippen molar-refractivity contribution in [1.29, 1.82) is 0 Å². The molecule has 0 amide bonds. The Morgan fingerprint density at radius 3 is 3.00 bits per heavy atom. The molecule has 1 fully saturated rings. The van der Waals surface area contributed by atoms with Gasteiger partial charge in [-0.1, -0.05) is 0 Å². The molecule has 84 valence electrons. The molecule has 0 aliphatic carbocycles. The minimum atomic E-state index is -0.655. The van der Waals surface area contributed by atoms with Crippen molar-refractivity contribution in [3.63, 3.8) is 0 Å². The SMILES string of the molecule is CNCc1coc(N2CCS(=O)CC2)n1. The van der Waals surface area contributed by atoms with Gasteiger partial charge in [-0.25, -0.2) is 0 Å². The van der Waals surface area contributed by atoms with Crippen LogP contribution < -0.4 is 10.2 Å². The van der Waals surface area contributed by atoms with Crippen molar-refractivity contribution in [3.05, 3.63) is 12.0 Å². The summed E-state index contributed by atoms with van der Waals surface area (Å²) in [7, 11) is 1.22. The van der Waals surface area contributed by atoms with Crippen molar-refractivity contribution in [1.82, 2.24) is 10.3 Å². The van der Waals surface area contributed by atoms with Gasteiger partial charge in [0.2, 0.25) is 0 Å². The smallest absolute Gasteiger partial charge is 0.297 e. The zero-order valence-corrected chi connectivity index (χ0v) is 9.55. The summed E-state index contributed by atoms with van der Waals surface area (Å²) in [6, 6.07) is 0.650. The average molecular weight is 229 g/mol. The molecule has 0 atom stereocenters. The second-order valence-electron chi connectivity index (χ2n) is 3.49. The Morgan fingerprint density at radius 2 is 2.33 bits per heavy atom. The molecule has 1 aliphatic heterocycles. The maximum Gasteiger partial charge on any atom is 0.297 e. The quantitative estimate of drug-likeness (QED) is 0.788. The Hall–Kier alpha value is -0.880. The van der Waals surface area contributed by atoms with Crippen LogP contribution in [0.2, 0.25) is 0 Å². The molecule has 5 nitrogen and oxygen atoms in total. The highest BCUT2D eigenvalue weighted by Crippen LogP contribution is 2.15. The third-order valence-corrected chi connectivity index (χ3v) is 3.62. The third kappa shape index (κ3) is 2.57. The molecular formula is C9H15N3O2S. The maximum atomic E-state index is 11.2. The lowest BCUT2D eigenvalue weighted by atomic mass is 10.5. The predicted molar refractivity (Wildman–Crippen MR) is 59.4 cm³/mol. The van der Waals surface area contributed by atoms with Gasteiger partial charge in [-0.3, -0.25) is 4.21 Å². The summed E-state index contributed by atoms with van der Waals surface area (Å²) in [6.45, 7) is 2.25. The van der Waals surface area contributed by atoms with E-state index in [0.717, 1.165) is 18.8 Å². The Kier molecular flexibility index (Phi) is 3.37. The molecule has 0 unspecified atom stereocenters. The lowest BCUT2D eigenvalue weighted by Crippen LogP contribution is -2.37. The Bertz CT molecular complexity index is 343. The molecule has 15 heavy (non-hydrogen) atoms. The van der Waals surface area contributed by atoms with E-state index in [1.54, 1.807) is 6.26 Å². The second kappa shape index (κ2) is 4.76. The van der Waals surface area contributed by atoms with Crippen LogP contribution in [0.25, 0.3) is 0 Å². The number of nitrogens with one attached hydrogen (secondary N) is 1. The largest absolute Gasteiger partial charge is 0.432 e. The summed E-state index contributed by atoms with van der Waals surface area (Å²) in [5.41, 5.74) is 0.902. The van der Waals surface area contributed by atoms with Gasteiger partial charge in [0.1, 0.15) is 6.26 Å². The molecule has 0 spiro atoms. The van der Waals surface area contributed by atoms with Crippen molar-refractivity contribution in [2.45, 2.75) is 6.54 Å². The number of oxazole rings is 1. The van der Waals surface area contributed by atoms with E-state index in [1.165, 1.54) is 0 Å².